The third kappa shape index (κ3) is 2.87. The van der Waals surface area contributed by atoms with E-state index >= 15 is 0 Å². The summed E-state index contributed by atoms with van der Waals surface area (Å²) in [4.78, 5) is 22.2. The molecular formula is C10H11ClN2O3. The smallest absolute Gasteiger partial charge is 0.252 e. The highest BCUT2D eigenvalue weighted by molar-refractivity contribution is 6.32. The maximum atomic E-state index is 11.3. The lowest BCUT2D eigenvalue weighted by molar-refractivity contribution is -0.115. The van der Waals surface area contributed by atoms with Crippen LogP contribution in [-0.2, 0) is 4.79 Å². The molecule has 1 unspecified atom stereocenters. The van der Waals surface area contributed by atoms with Crippen molar-refractivity contribution in [3.8, 4) is 5.75 Å². The average molecular weight is 243 g/mol. The van der Waals surface area contributed by atoms with Gasteiger partial charge in [0.05, 0.1) is 5.56 Å². The molecule has 0 aliphatic carbocycles. The molecule has 0 aliphatic heterocycles. The summed E-state index contributed by atoms with van der Waals surface area (Å²) in [6.07, 6.45) is 0. The molecule has 0 saturated heterocycles. The van der Waals surface area contributed by atoms with Gasteiger partial charge in [-0.15, -0.1) is 11.6 Å². The second-order valence-electron chi connectivity index (χ2n) is 3.20. The average Bonchev–Trinajstić information content (AvgIpc) is 2.20. The van der Waals surface area contributed by atoms with Gasteiger partial charge in [0.2, 0.25) is 5.91 Å². The summed E-state index contributed by atoms with van der Waals surface area (Å²) in [5.41, 5.74) is 5.33. The zero-order valence-corrected chi connectivity index (χ0v) is 9.28. The molecule has 1 atom stereocenters. The number of amides is 2. The fraction of sp³-hybridized carbons (Fsp3) is 0.200. The van der Waals surface area contributed by atoms with E-state index in [-0.39, 0.29) is 11.3 Å². The van der Waals surface area contributed by atoms with Gasteiger partial charge in [0.15, 0.2) is 0 Å². The van der Waals surface area contributed by atoms with E-state index in [1.165, 1.54) is 25.1 Å². The van der Waals surface area contributed by atoms with Gasteiger partial charge < -0.3 is 16.2 Å². The third-order valence-corrected chi connectivity index (χ3v) is 2.09. The minimum Gasteiger partial charge on any atom is -0.507 e. The first-order chi connectivity index (χ1) is 7.41. The van der Waals surface area contributed by atoms with Crippen LogP contribution in [0.25, 0.3) is 0 Å². The van der Waals surface area contributed by atoms with E-state index in [9.17, 15) is 14.7 Å². The normalized spacial score (nSPS) is 11.9. The molecule has 86 valence electrons. The van der Waals surface area contributed by atoms with Crippen molar-refractivity contribution in [1.29, 1.82) is 0 Å². The standard InChI is InChI=1S/C10H11ClN2O3/c1-5(11)10(16)13-6-2-3-8(14)7(4-6)9(12)15/h2-5,14H,1H3,(H2,12,15)(H,13,16). The van der Waals surface area contributed by atoms with Crippen molar-refractivity contribution in [2.75, 3.05) is 5.32 Å². The van der Waals surface area contributed by atoms with Gasteiger partial charge in [0.25, 0.3) is 5.91 Å². The molecule has 0 radical (unpaired) electrons. The summed E-state index contributed by atoms with van der Waals surface area (Å²) < 4.78 is 0. The summed E-state index contributed by atoms with van der Waals surface area (Å²) >= 11 is 5.56. The van der Waals surface area contributed by atoms with Crippen LogP contribution >= 0.6 is 11.6 Å². The third-order valence-electron chi connectivity index (χ3n) is 1.89. The van der Waals surface area contributed by atoms with E-state index in [2.05, 4.69) is 5.32 Å². The molecule has 0 bridgehead atoms. The molecule has 0 aliphatic rings. The van der Waals surface area contributed by atoms with Crippen molar-refractivity contribution in [3.63, 3.8) is 0 Å². The second kappa shape index (κ2) is 4.85. The molecular weight excluding hydrogens is 232 g/mol. The van der Waals surface area contributed by atoms with Crippen LogP contribution in [0.15, 0.2) is 18.2 Å². The predicted octanol–water partition coefficient (Wildman–Crippen LogP) is 1.06. The molecule has 4 N–H and O–H groups in total. The summed E-state index contributed by atoms with van der Waals surface area (Å²) in [5, 5.41) is 11.1. The van der Waals surface area contributed by atoms with Crippen LogP contribution < -0.4 is 11.1 Å². The van der Waals surface area contributed by atoms with Crippen molar-refractivity contribution in [3.05, 3.63) is 23.8 Å². The number of hydrogen-bond acceptors (Lipinski definition) is 3. The van der Waals surface area contributed by atoms with Crippen molar-refractivity contribution in [1.82, 2.24) is 0 Å². The van der Waals surface area contributed by atoms with Gasteiger partial charge in [-0.1, -0.05) is 0 Å². The molecule has 0 aromatic heterocycles. The maximum absolute atomic E-state index is 11.3. The fourth-order valence-electron chi connectivity index (χ4n) is 1.05. The van der Waals surface area contributed by atoms with E-state index < -0.39 is 17.2 Å². The number of hydrogen-bond donors (Lipinski definition) is 3. The monoisotopic (exact) mass is 242 g/mol. The molecule has 0 fully saturated rings. The number of nitrogens with two attached hydrogens (primary N) is 1. The molecule has 0 heterocycles. The first-order valence-corrected chi connectivity index (χ1v) is 4.93. The largest absolute Gasteiger partial charge is 0.507 e. The Bertz CT molecular complexity index is 432. The van der Waals surface area contributed by atoms with Gasteiger partial charge in [-0.05, 0) is 25.1 Å². The topological polar surface area (TPSA) is 92.4 Å². The number of rotatable bonds is 3. The molecule has 1 aromatic rings. The van der Waals surface area contributed by atoms with E-state index in [1.54, 1.807) is 0 Å². The second-order valence-corrected chi connectivity index (χ2v) is 3.86. The molecule has 2 amide bonds. The highest BCUT2D eigenvalue weighted by Gasteiger charge is 2.12. The lowest BCUT2D eigenvalue weighted by Crippen LogP contribution is -2.20. The van der Waals surface area contributed by atoms with Crippen molar-refractivity contribution >= 4 is 29.1 Å². The molecule has 0 saturated carbocycles. The first kappa shape index (κ1) is 12.3. The van der Waals surface area contributed by atoms with Crippen molar-refractivity contribution < 1.29 is 14.7 Å². The number of nitrogens with one attached hydrogen (secondary N) is 1. The van der Waals surface area contributed by atoms with Gasteiger partial charge in [-0.2, -0.15) is 0 Å². The SMILES string of the molecule is CC(Cl)C(=O)Nc1ccc(O)c(C(N)=O)c1. The lowest BCUT2D eigenvalue weighted by Gasteiger charge is -2.08. The number of carbonyl (C=O) groups excluding carboxylic acids is 2. The van der Waals surface area contributed by atoms with Crippen LogP contribution in [0.3, 0.4) is 0 Å². The zero-order valence-electron chi connectivity index (χ0n) is 8.53. The van der Waals surface area contributed by atoms with Gasteiger partial charge in [-0.25, -0.2) is 0 Å². The molecule has 0 spiro atoms. The summed E-state index contributed by atoms with van der Waals surface area (Å²) in [7, 11) is 0. The zero-order chi connectivity index (χ0) is 12.3. The Kier molecular flexibility index (Phi) is 3.73. The highest BCUT2D eigenvalue weighted by Crippen LogP contribution is 2.21. The van der Waals surface area contributed by atoms with Crippen LogP contribution in [-0.4, -0.2) is 22.3 Å². The fourth-order valence-corrected chi connectivity index (χ4v) is 1.11. The van der Waals surface area contributed by atoms with Crippen molar-refractivity contribution in [2.24, 2.45) is 5.73 Å². The number of carbonyl (C=O) groups is 2. The Labute approximate surface area is 97.2 Å². The number of aromatic hydroxyl groups is 1. The maximum Gasteiger partial charge on any atom is 0.252 e. The number of primary amides is 1. The molecule has 1 rings (SSSR count). The van der Waals surface area contributed by atoms with Crippen LogP contribution in [0, 0.1) is 0 Å². The molecule has 5 nitrogen and oxygen atoms in total. The van der Waals surface area contributed by atoms with Crippen molar-refractivity contribution in [2.45, 2.75) is 12.3 Å². The summed E-state index contributed by atoms with van der Waals surface area (Å²) in [6.45, 7) is 1.52. The van der Waals surface area contributed by atoms with E-state index in [0.29, 0.717) is 5.69 Å². The summed E-state index contributed by atoms with van der Waals surface area (Å²) in [5.74, 6) is -1.40. The van der Waals surface area contributed by atoms with Crippen LogP contribution in [0.4, 0.5) is 5.69 Å². The minimum atomic E-state index is -0.771. The van der Waals surface area contributed by atoms with Gasteiger partial charge in [0, 0.05) is 5.69 Å². The highest BCUT2D eigenvalue weighted by atomic mass is 35.5. The molecule has 16 heavy (non-hydrogen) atoms. The first-order valence-electron chi connectivity index (χ1n) is 4.49. The van der Waals surface area contributed by atoms with E-state index in [0.717, 1.165) is 0 Å². The number of phenols is 1. The Morgan fingerprint density at radius 2 is 2.12 bits per heavy atom. The Morgan fingerprint density at radius 1 is 1.50 bits per heavy atom. The van der Waals surface area contributed by atoms with Gasteiger partial charge in [0.1, 0.15) is 11.1 Å². The lowest BCUT2D eigenvalue weighted by atomic mass is 10.1. The number of alkyl halides is 1. The summed E-state index contributed by atoms with van der Waals surface area (Å²) in [6, 6.07) is 4.00. The Hall–Kier alpha value is -1.75. The van der Waals surface area contributed by atoms with Crippen LogP contribution in [0.1, 0.15) is 17.3 Å². The number of halogens is 1. The van der Waals surface area contributed by atoms with Gasteiger partial charge >= 0.3 is 0 Å². The molecule has 6 heteroatoms. The Morgan fingerprint density at radius 3 is 2.62 bits per heavy atom. The number of anilines is 1. The van der Waals surface area contributed by atoms with Crippen LogP contribution in [0.2, 0.25) is 0 Å². The Balaban J connectivity index is 2.95. The van der Waals surface area contributed by atoms with Gasteiger partial charge in [-0.3, -0.25) is 9.59 Å². The minimum absolute atomic E-state index is 0.0555. The van der Waals surface area contributed by atoms with Crippen LogP contribution in [0.5, 0.6) is 5.75 Å². The predicted molar refractivity (Wildman–Crippen MR) is 60.6 cm³/mol. The quantitative estimate of drug-likeness (QED) is 0.547. The molecule has 1 aromatic carbocycles. The number of benzene rings is 1. The van der Waals surface area contributed by atoms with E-state index in [4.69, 9.17) is 17.3 Å². The van der Waals surface area contributed by atoms with E-state index in [1.807, 2.05) is 0 Å².